The number of amides is 1. The number of esters is 1. The molecule has 0 N–H and O–H groups in total. The van der Waals surface area contributed by atoms with Crippen molar-refractivity contribution in [2.45, 2.75) is 25.8 Å². The molecule has 0 bridgehead atoms. The molecule has 19 heavy (non-hydrogen) atoms. The first-order valence-electron chi connectivity index (χ1n) is 6.86. The summed E-state index contributed by atoms with van der Waals surface area (Å²) in [6.07, 6.45) is 5.54. The Kier molecular flexibility index (Phi) is 4.58. The van der Waals surface area contributed by atoms with Gasteiger partial charge in [-0.15, -0.1) is 0 Å². The van der Waals surface area contributed by atoms with Crippen LogP contribution in [0.2, 0.25) is 0 Å². The summed E-state index contributed by atoms with van der Waals surface area (Å²) in [5, 5.41) is 0. The van der Waals surface area contributed by atoms with Crippen LogP contribution < -0.4 is 0 Å². The number of hydrogen-bond acceptors (Lipinski definition) is 4. The average Bonchev–Trinajstić information content (AvgIpc) is 3.07. The lowest BCUT2D eigenvalue weighted by molar-refractivity contribution is -0.146. The van der Waals surface area contributed by atoms with Crippen molar-refractivity contribution in [1.29, 1.82) is 0 Å². The van der Waals surface area contributed by atoms with Gasteiger partial charge in [-0.1, -0.05) is 19.1 Å². The number of nitrogens with zero attached hydrogens (tertiary/aromatic N) is 2. The molecule has 2 aliphatic rings. The molecule has 1 fully saturated rings. The highest BCUT2D eigenvalue weighted by atomic mass is 16.5. The van der Waals surface area contributed by atoms with Gasteiger partial charge in [0.15, 0.2) is 0 Å². The highest BCUT2D eigenvalue weighted by Crippen LogP contribution is 2.20. The molecule has 1 amide bonds. The molecule has 2 aliphatic heterocycles. The summed E-state index contributed by atoms with van der Waals surface area (Å²) in [6.45, 7) is 5.36. The van der Waals surface area contributed by atoms with Crippen LogP contribution in [0.5, 0.6) is 0 Å². The van der Waals surface area contributed by atoms with Crippen LogP contribution in [0.3, 0.4) is 0 Å². The second-order valence-electron chi connectivity index (χ2n) is 5.33. The fourth-order valence-electron chi connectivity index (χ4n) is 2.76. The first-order valence-corrected chi connectivity index (χ1v) is 6.86. The number of carbonyl (C=O) groups is 2. The third-order valence-electron chi connectivity index (χ3n) is 3.96. The molecule has 5 nitrogen and oxygen atoms in total. The fraction of sp³-hybridized carbons (Fsp3) is 0.714. The van der Waals surface area contributed by atoms with Gasteiger partial charge in [-0.25, -0.2) is 0 Å². The van der Waals surface area contributed by atoms with Gasteiger partial charge < -0.3 is 9.64 Å². The second kappa shape index (κ2) is 6.19. The van der Waals surface area contributed by atoms with E-state index in [-0.39, 0.29) is 24.2 Å². The van der Waals surface area contributed by atoms with E-state index < -0.39 is 0 Å². The maximum absolute atomic E-state index is 12.2. The summed E-state index contributed by atoms with van der Waals surface area (Å²) in [7, 11) is 1.35. The lowest BCUT2D eigenvalue weighted by atomic mass is 10.1. The predicted molar refractivity (Wildman–Crippen MR) is 71.5 cm³/mol. The largest absolute Gasteiger partial charge is 0.469 e. The molecule has 2 rings (SSSR count). The Morgan fingerprint density at radius 2 is 2.05 bits per heavy atom. The van der Waals surface area contributed by atoms with Crippen molar-refractivity contribution in [3.63, 3.8) is 0 Å². The van der Waals surface area contributed by atoms with Gasteiger partial charge in [-0.3, -0.25) is 14.5 Å². The Morgan fingerprint density at radius 3 is 2.68 bits per heavy atom. The monoisotopic (exact) mass is 266 g/mol. The average molecular weight is 266 g/mol. The topological polar surface area (TPSA) is 49.9 Å². The Labute approximate surface area is 114 Å². The van der Waals surface area contributed by atoms with Crippen LogP contribution in [0.25, 0.3) is 0 Å². The number of methoxy groups -OCH3 is 1. The van der Waals surface area contributed by atoms with E-state index in [1.807, 2.05) is 4.90 Å². The van der Waals surface area contributed by atoms with E-state index in [0.29, 0.717) is 6.04 Å². The smallest absolute Gasteiger partial charge is 0.306 e. The molecule has 106 valence electrons. The first-order chi connectivity index (χ1) is 9.11. The minimum absolute atomic E-state index is 0.0695. The number of carbonyl (C=O) groups excluding carboxylic acids is 2. The first kappa shape index (κ1) is 14.1. The maximum atomic E-state index is 12.2. The van der Waals surface area contributed by atoms with Crippen LogP contribution in [-0.2, 0) is 14.3 Å². The summed E-state index contributed by atoms with van der Waals surface area (Å²) in [6, 6.07) is 0.462. The molecule has 0 saturated carbocycles. The lowest BCUT2D eigenvalue weighted by Crippen LogP contribution is -2.39. The lowest BCUT2D eigenvalue weighted by Gasteiger charge is -2.24. The quantitative estimate of drug-likeness (QED) is 0.554. The summed E-state index contributed by atoms with van der Waals surface area (Å²) >= 11 is 0. The highest BCUT2D eigenvalue weighted by Gasteiger charge is 2.32. The molecule has 0 aliphatic carbocycles. The summed E-state index contributed by atoms with van der Waals surface area (Å²) in [4.78, 5) is 27.7. The van der Waals surface area contributed by atoms with Crippen LogP contribution in [0.4, 0.5) is 0 Å². The van der Waals surface area contributed by atoms with Gasteiger partial charge in [-0.05, 0) is 6.42 Å². The van der Waals surface area contributed by atoms with Crippen LogP contribution in [0.15, 0.2) is 12.2 Å². The van der Waals surface area contributed by atoms with E-state index in [4.69, 9.17) is 0 Å². The molecular weight excluding hydrogens is 244 g/mol. The summed E-state index contributed by atoms with van der Waals surface area (Å²) in [5.41, 5.74) is 0. The predicted octanol–water partition coefficient (Wildman–Crippen LogP) is 0.658. The molecule has 2 unspecified atom stereocenters. The van der Waals surface area contributed by atoms with Crippen LogP contribution in [0, 0.1) is 5.92 Å². The van der Waals surface area contributed by atoms with Crippen LogP contribution in [-0.4, -0.2) is 61.0 Å². The molecule has 0 spiro atoms. The summed E-state index contributed by atoms with van der Waals surface area (Å²) in [5.74, 6) is -0.539. The van der Waals surface area contributed by atoms with E-state index in [1.165, 1.54) is 7.11 Å². The molecule has 0 aromatic heterocycles. The second-order valence-corrected chi connectivity index (χ2v) is 5.33. The molecule has 2 heterocycles. The van der Waals surface area contributed by atoms with Crippen molar-refractivity contribution in [3.05, 3.63) is 12.2 Å². The van der Waals surface area contributed by atoms with Gasteiger partial charge in [-0.2, -0.15) is 0 Å². The Morgan fingerprint density at radius 1 is 1.37 bits per heavy atom. The van der Waals surface area contributed by atoms with Crippen molar-refractivity contribution in [3.8, 4) is 0 Å². The van der Waals surface area contributed by atoms with Crippen molar-refractivity contribution in [2.75, 3.05) is 33.3 Å². The third-order valence-corrected chi connectivity index (χ3v) is 3.96. The maximum Gasteiger partial charge on any atom is 0.306 e. The SMILES string of the molecule is COC(=O)CC(C)C(=O)N1CCC(N2CC=CC2)C1. The van der Waals surface area contributed by atoms with E-state index in [0.717, 1.165) is 32.6 Å². The number of rotatable bonds is 4. The third kappa shape index (κ3) is 3.35. The van der Waals surface area contributed by atoms with Crippen molar-refractivity contribution < 1.29 is 14.3 Å². The van der Waals surface area contributed by atoms with E-state index >= 15 is 0 Å². The number of ether oxygens (including phenoxy) is 1. The van der Waals surface area contributed by atoms with Gasteiger partial charge in [0.25, 0.3) is 0 Å². The number of likely N-dealkylation sites (tertiary alicyclic amines) is 1. The van der Waals surface area contributed by atoms with Crippen LogP contribution >= 0.6 is 0 Å². The minimum Gasteiger partial charge on any atom is -0.469 e. The molecule has 0 radical (unpaired) electrons. The zero-order chi connectivity index (χ0) is 13.8. The van der Waals surface area contributed by atoms with Crippen molar-refractivity contribution in [1.82, 2.24) is 9.80 Å². The normalized spacial score (nSPS) is 24.7. The van der Waals surface area contributed by atoms with Gasteiger partial charge >= 0.3 is 5.97 Å². The Hall–Kier alpha value is -1.36. The van der Waals surface area contributed by atoms with Gasteiger partial charge in [0.2, 0.25) is 5.91 Å². The summed E-state index contributed by atoms with van der Waals surface area (Å²) < 4.78 is 4.61. The van der Waals surface area contributed by atoms with Gasteiger partial charge in [0, 0.05) is 38.1 Å². The standard InChI is InChI=1S/C14H22N2O3/c1-11(9-13(17)19-2)14(18)16-8-5-12(10-16)15-6-3-4-7-15/h3-4,11-12H,5-10H2,1-2H3. The van der Waals surface area contributed by atoms with Gasteiger partial charge in [0.05, 0.1) is 13.5 Å². The number of hydrogen-bond donors (Lipinski definition) is 0. The molecule has 5 heteroatoms. The zero-order valence-corrected chi connectivity index (χ0v) is 11.7. The zero-order valence-electron chi connectivity index (χ0n) is 11.7. The highest BCUT2D eigenvalue weighted by molar-refractivity contribution is 5.83. The van der Waals surface area contributed by atoms with Gasteiger partial charge in [0.1, 0.15) is 0 Å². The molecule has 0 aromatic carbocycles. The molecular formula is C14H22N2O3. The Bertz CT molecular complexity index is 373. The fourth-order valence-corrected chi connectivity index (χ4v) is 2.76. The molecule has 2 atom stereocenters. The van der Waals surface area contributed by atoms with E-state index in [2.05, 4.69) is 21.8 Å². The Balaban J connectivity index is 1.82. The minimum atomic E-state index is -0.319. The van der Waals surface area contributed by atoms with Crippen molar-refractivity contribution in [2.24, 2.45) is 5.92 Å². The van der Waals surface area contributed by atoms with E-state index in [1.54, 1.807) is 6.92 Å². The van der Waals surface area contributed by atoms with Crippen molar-refractivity contribution >= 4 is 11.9 Å². The molecule has 0 aromatic rings. The van der Waals surface area contributed by atoms with Crippen LogP contribution in [0.1, 0.15) is 19.8 Å². The van der Waals surface area contributed by atoms with E-state index in [9.17, 15) is 9.59 Å². The molecule has 1 saturated heterocycles.